The molecule has 0 spiro atoms. The zero-order chi connectivity index (χ0) is 13.4. The largest absolute Gasteiger partial charge is 0.476 e. The van der Waals surface area contributed by atoms with E-state index in [1.165, 1.54) is 0 Å². The van der Waals surface area contributed by atoms with E-state index in [1.807, 2.05) is 0 Å². The number of hydrogen-bond donors (Lipinski definition) is 2. The average Bonchev–Trinajstić information content (AvgIpc) is 2.78. The Labute approximate surface area is 113 Å². The highest BCUT2D eigenvalue weighted by Gasteiger charge is 2.30. The van der Waals surface area contributed by atoms with Crippen LogP contribution in [0, 0.1) is 5.92 Å². The van der Waals surface area contributed by atoms with Crippen LogP contribution < -0.4 is 5.32 Å². The number of fused-ring (bicyclic) bond motifs is 1. The third-order valence-electron chi connectivity index (χ3n) is 4.40. The summed E-state index contributed by atoms with van der Waals surface area (Å²) in [4.78, 5) is 15.9. The molecule has 3 heterocycles. The van der Waals surface area contributed by atoms with Gasteiger partial charge < -0.3 is 15.0 Å². The lowest BCUT2D eigenvalue weighted by atomic mass is 9.95. The number of carboxylic acids is 1. The lowest BCUT2D eigenvalue weighted by Gasteiger charge is -2.27. The highest BCUT2D eigenvalue weighted by Crippen LogP contribution is 2.31. The minimum atomic E-state index is -0.877. The van der Waals surface area contributed by atoms with Crippen molar-refractivity contribution in [1.82, 2.24) is 14.9 Å². The second-order valence-electron chi connectivity index (χ2n) is 5.84. The molecule has 19 heavy (non-hydrogen) atoms. The Morgan fingerprint density at radius 2 is 2.11 bits per heavy atom. The first-order valence-corrected chi connectivity index (χ1v) is 7.20. The Balaban J connectivity index is 2.00. The molecule has 0 bridgehead atoms. The van der Waals surface area contributed by atoms with Crippen molar-refractivity contribution in [3.63, 3.8) is 0 Å². The molecule has 1 unspecified atom stereocenters. The van der Waals surface area contributed by atoms with E-state index >= 15 is 0 Å². The fourth-order valence-electron chi connectivity index (χ4n) is 3.31. The van der Waals surface area contributed by atoms with Crippen molar-refractivity contribution in [2.45, 2.75) is 45.1 Å². The first-order valence-electron chi connectivity index (χ1n) is 7.20. The van der Waals surface area contributed by atoms with Gasteiger partial charge in [-0.3, -0.25) is 0 Å². The molecule has 1 fully saturated rings. The summed E-state index contributed by atoms with van der Waals surface area (Å²) in [7, 11) is 0. The fourth-order valence-corrected chi connectivity index (χ4v) is 3.31. The molecule has 2 aliphatic rings. The summed E-state index contributed by atoms with van der Waals surface area (Å²) >= 11 is 0. The van der Waals surface area contributed by atoms with Crippen molar-refractivity contribution in [3.05, 3.63) is 17.2 Å². The van der Waals surface area contributed by atoms with Gasteiger partial charge >= 0.3 is 5.97 Å². The molecule has 1 atom stereocenters. The van der Waals surface area contributed by atoms with Crippen LogP contribution in [-0.2, 0) is 13.0 Å². The number of carboxylic acid groups (broad SMARTS) is 1. The normalized spacial score (nSPS) is 24.2. The molecule has 1 saturated heterocycles. The standard InChI is InChI=1S/C14H21N3O2/c1-9-4-7-17-11(8-9)12(14(18)19)16-13(17)10-2-5-15-6-3-10/h9-10,15H,2-8H2,1H3,(H,18,19). The van der Waals surface area contributed by atoms with Crippen LogP contribution in [0.4, 0.5) is 0 Å². The molecule has 5 nitrogen and oxygen atoms in total. The number of nitrogens with zero attached hydrogens (tertiary/aromatic N) is 2. The van der Waals surface area contributed by atoms with E-state index in [1.54, 1.807) is 0 Å². The summed E-state index contributed by atoms with van der Waals surface area (Å²) in [6.45, 7) is 5.12. The number of rotatable bonds is 2. The molecular weight excluding hydrogens is 242 g/mol. The van der Waals surface area contributed by atoms with Gasteiger partial charge in [-0.15, -0.1) is 0 Å². The number of aromatic nitrogens is 2. The van der Waals surface area contributed by atoms with E-state index in [9.17, 15) is 9.90 Å². The molecule has 104 valence electrons. The molecular formula is C14H21N3O2. The zero-order valence-electron chi connectivity index (χ0n) is 11.4. The topological polar surface area (TPSA) is 67.2 Å². The van der Waals surface area contributed by atoms with Crippen molar-refractivity contribution in [3.8, 4) is 0 Å². The summed E-state index contributed by atoms with van der Waals surface area (Å²) in [5, 5.41) is 12.7. The molecule has 0 amide bonds. The fraction of sp³-hybridized carbons (Fsp3) is 0.714. The lowest BCUT2D eigenvalue weighted by Crippen LogP contribution is -2.29. The second-order valence-corrected chi connectivity index (χ2v) is 5.84. The molecule has 0 saturated carbocycles. The minimum Gasteiger partial charge on any atom is -0.476 e. The van der Waals surface area contributed by atoms with Crippen molar-refractivity contribution in [2.24, 2.45) is 5.92 Å². The Morgan fingerprint density at radius 1 is 1.37 bits per heavy atom. The molecule has 0 aromatic carbocycles. The zero-order valence-corrected chi connectivity index (χ0v) is 11.4. The maximum atomic E-state index is 11.4. The molecule has 5 heteroatoms. The van der Waals surface area contributed by atoms with Crippen LogP contribution in [0.3, 0.4) is 0 Å². The Hall–Kier alpha value is -1.36. The van der Waals surface area contributed by atoms with Crippen molar-refractivity contribution in [1.29, 1.82) is 0 Å². The van der Waals surface area contributed by atoms with E-state index in [0.29, 0.717) is 17.5 Å². The molecule has 2 aliphatic heterocycles. The van der Waals surface area contributed by atoms with Gasteiger partial charge in [0.05, 0.1) is 5.69 Å². The van der Waals surface area contributed by atoms with Gasteiger partial charge in [0, 0.05) is 12.5 Å². The molecule has 1 aromatic rings. The van der Waals surface area contributed by atoms with Crippen molar-refractivity contribution >= 4 is 5.97 Å². The Bertz CT molecular complexity index is 489. The summed E-state index contributed by atoms with van der Waals surface area (Å²) in [5.74, 6) is 1.11. The number of piperidine rings is 1. The van der Waals surface area contributed by atoms with Gasteiger partial charge in [0.1, 0.15) is 5.82 Å². The highest BCUT2D eigenvalue weighted by atomic mass is 16.4. The molecule has 0 radical (unpaired) electrons. The quantitative estimate of drug-likeness (QED) is 0.851. The van der Waals surface area contributed by atoms with Gasteiger partial charge in [-0.25, -0.2) is 9.78 Å². The summed E-state index contributed by atoms with van der Waals surface area (Å²) in [6.07, 6.45) is 4.09. The number of hydrogen-bond acceptors (Lipinski definition) is 3. The van der Waals surface area contributed by atoms with Gasteiger partial charge in [0.15, 0.2) is 5.69 Å². The van der Waals surface area contributed by atoms with Crippen molar-refractivity contribution < 1.29 is 9.90 Å². The van der Waals surface area contributed by atoms with Gasteiger partial charge in [-0.05, 0) is 44.7 Å². The van der Waals surface area contributed by atoms with Crippen LogP contribution >= 0.6 is 0 Å². The molecule has 1 aromatic heterocycles. The van der Waals surface area contributed by atoms with Crippen molar-refractivity contribution in [2.75, 3.05) is 13.1 Å². The van der Waals surface area contributed by atoms with E-state index in [-0.39, 0.29) is 0 Å². The average molecular weight is 263 g/mol. The van der Waals surface area contributed by atoms with Gasteiger partial charge in [-0.2, -0.15) is 0 Å². The van der Waals surface area contributed by atoms with Crippen LogP contribution in [0.25, 0.3) is 0 Å². The third-order valence-corrected chi connectivity index (χ3v) is 4.40. The summed E-state index contributed by atoms with van der Waals surface area (Å²) in [6, 6.07) is 0. The van der Waals surface area contributed by atoms with Gasteiger partial charge in [-0.1, -0.05) is 6.92 Å². The van der Waals surface area contributed by atoms with Gasteiger partial charge in [0.2, 0.25) is 0 Å². The predicted molar refractivity (Wildman–Crippen MR) is 71.5 cm³/mol. The number of nitrogens with one attached hydrogen (secondary N) is 1. The number of aromatic carboxylic acids is 1. The smallest absolute Gasteiger partial charge is 0.356 e. The summed E-state index contributed by atoms with van der Waals surface area (Å²) < 4.78 is 2.19. The van der Waals surface area contributed by atoms with Crippen LogP contribution in [0.2, 0.25) is 0 Å². The Morgan fingerprint density at radius 3 is 2.79 bits per heavy atom. The molecule has 0 aliphatic carbocycles. The molecule has 2 N–H and O–H groups in total. The van der Waals surface area contributed by atoms with Gasteiger partial charge in [0.25, 0.3) is 0 Å². The van der Waals surface area contributed by atoms with Crippen LogP contribution in [-0.4, -0.2) is 33.7 Å². The second kappa shape index (κ2) is 4.96. The monoisotopic (exact) mass is 263 g/mol. The summed E-state index contributed by atoms with van der Waals surface area (Å²) in [5.41, 5.74) is 1.24. The predicted octanol–water partition coefficient (Wildman–Crippen LogP) is 1.63. The van der Waals surface area contributed by atoms with E-state index in [2.05, 4.69) is 21.8 Å². The first kappa shape index (κ1) is 12.7. The van der Waals surface area contributed by atoms with Crippen LogP contribution in [0.5, 0.6) is 0 Å². The molecule has 3 rings (SSSR count). The maximum Gasteiger partial charge on any atom is 0.356 e. The number of carbonyl (C=O) groups is 1. The first-order chi connectivity index (χ1) is 9.16. The van der Waals surface area contributed by atoms with E-state index in [0.717, 1.165) is 56.8 Å². The number of imidazole rings is 1. The van der Waals surface area contributed by atoms with Crippen LogP contribution in [0.15, 0.2) is 0 Å². The van der Waals surface area contributed by atoms with E-state index < -0.39 is 5.97 Å². The SMILES string of the molecule is CC1CCn2c(C3CCNCC3)nc(C(=O)O)c2C1. The lowest BCUT2D eigenvalue weighted by molar-refractivity contribution is 0.0689. The third kappa shape index (κ3) is 2.27. The van der Waals surface area contributed by atoms with Crippen LogP contribution in [0.1, 0.15) is 54.1 Å². The Kier molecular flexibility index (Phi) is 3.31. The highest BCUT2D eigenvalue weighted by molar-refractivity contribution is 5.87. The minimum absolute atomic E-state index is 0.292. The maximum absolute atomic E-state index is 11.4. The van der Waals surface area contributed by atoms with E-state index in [4.69, 9.17) is 0 Å².